The second kappa shape index (κ2) is 9.31. The first kappa shape index (κ1) is 19.1. The first-order chi connectivity index (χ1) is 13.6. The van der Waals surface area contributed by atoms with Gasteiger partial charge < -0.3 is 14.6 Å². The van der Waals surface area contributed by atoms with Crippen LogP contribution in [0, 0.1) is 10.1 Å². The first-order valence-corrected chi connectivity index (χ1v) is 8.80. The van der Waals surface area contributed by atoms with E-state index in [-0.39, 0.29) is 24.6 Å². The Morgan fingerprint density at radius 3 is 2.71 bits per heavy atom. The molecule has 28 heavy (non-hydrogen) atoms. The van der Waals surface area contributed by atoms with Crippen LogP contribution in [0.15, 0.2) is 71.6 Å². The molecule has 3 aromatic rings. The fourth-order valence-electron chi connectivity index (χ4n) is 2.78. The summed E-state index contributed by atoms with van der Waals surface area (Å²) in [6, 6.07) is 13.7. The number of amides is 1. The quantitative estimate of drug-likeness (QED) is 0.449. The number of nitrogens with zero attached hydrogens (tertiary/aromatic N) is 3. The molecular weight excluding hydrogens is 360 g/mol. The molecule has 0 atom stereocenters. The first-order valence-electron chi connectivity index (χ1n) is 8.80. The topological polar surface area (TPSA) is 102 Å². The fraction of sp³-hybridized carbons (Fsp3) is 0.200. The van der Waals surface area contributed by atoms with E-state index >= 15 is 0 Å². The molecule has 2 heterocycles. The van der Waals surface area contributed by atoms with Crippen LogP contribution in [0.2, 0.25) is 0 Å². The number of hydrogen-bond acceptors (Lipinski definition) is 6. The third-order valence-electron chi connectivity index (χ3n) is 4.13. The van der Waals surface area contributed by atoms with Crippen LogP contribution in [0.4, 0.5) is 11.4 Å². The number of nitrogens with one attached hydrogen (secondary N) is 1. The number of nitro groups is 1. The van der Waals surface area contributed by atoms with Gasteiger partial charge in [-0.05, 0) is 29.8 Å². The highest BCUT2D eigenvalue weighted by atomic mass is 16.6. The minimum Gasteiger partial charge on any atom is -0.467 e. The minimum absolute atomic E-state index is 0.0160. The van der Waals surface area contributed by atoms with Crippen molar-refractivity contribution in [2.75, 3.05) is 11.9 Å². The predicted octanol–water partition coefficient (Wildman–Crippen LogP) is 3.61. The summed E-state index contributed by atoms with van der Waals surface area (Å²) in [5.74, 6) is 0.593. The van der Waals surface area contributed by atoms with Crippen molar-refractivity contribution in [3.8, 4) is 0 Å². The van der Waals surface area contributed by atoms with Crippen LogP contribution in [0.3, 0.4) is 0 Å². The summed E-state index contributed by atoms with van der Waals surface area (Å²) in [4.78, 5) is 29.2. The van der Waals surface area contributed by atoms with E-state index in [1.807, 2.05) is 18.2 Å². The molecule has 0 unspecified atom stereocenters. The highest BCUT2D eigenvalue weighted by Crippen LogP contribution is 2.23. The summed E-state index contributed by atoms with van der Waals surface area (Å²) < 4.78 is 5.37. The van der Waals surface area contributed by atoms with Gasteiger partial charge in [0, 0.05) is 38.0 Å². The van der Waals surface area contributed by atoms with Crippen LogP contribution in [-0.2, 0) is 17.9 Å². The lowest BCUT2D eigenvalue weighted by atomic mass is 10.2. The van der Waals surface area contributed by atoms with Crippen molar-refractivity contribution in [2.45, 2.75) is 19.5 Å². The van der Waals surface area contributed by atoms with Gasteiger partial charge in [-0.3, -0.25) is 19.9 Å². The van der Waals surface area contributed by atoms with Crippen molar-refractivity contribution in [2.24, 2.45) is 0 Å². The number of hydrogen-bond donors (Lipinski definition) is 1. The molecule has 1 aromatic carbocycles. The summed E-state index contributed by atoms with van der Waals surface area (Å²) in [5.41, 5.74) is 1.29. The van der Waals surface area contributed by atoms with Crippen molar-refractivity contribution in [1.29, 1.82) is 0 Å². The smallest absolute Gasteiger partial charge is 0.292 e. The van der Waals surface area contributed by atoms with E-state index in [1.54, 1.807) is 47.8 Å². The average Bonchev–Trinajstić information content (AvgIpc) is 3.21. The lowest BCUT2D eigenvalue weighted by molar-refractivity contribution is -0.384. The Balaban J connectivity index is 1.63. The number of anilines is 1. The Kier molecular flexibility index (Phi) is 6.35. The number of benzene rings is 1. The van der Waals surface area contributed by atoms with Crippen LogP contribution < -0.4 is 5.32 Å². The van der Waals surface area contributed by atoms with Crippen LogP contribution in [-0.4, -0.2) is 27.3 Å². The maximum Gasteiger partial charge on any atom is 0.292 e. The highest BCUT2D eigenvalue weighted by molar-refractivity contribution is 5.77. The largest absolute Gasteiger partial charge is 0.467 e. The fourth-order valence-corrected chi connectivity index (χ4v) is 2.78. The van der Waals surface area contributed by atoms with Gasteiger partial charge in [0.2, 0.25) is 5.91 Å². The zero-order chi connectivity index (χ0) is 19.8. The number of pyridine rings is 1. The molecular formula is C20H20N4O4. The monoisotopic (exact) mass is 380 g/mol. The molecule has 0 spiro atoms. The molecule has 144 valence electrons. The number of furan rings is 1. The number of carbonyl (C=O) groups is 1. The molecule has 0 bridgehead atoms. The Labute approximate surface area is 162 Å². The van der Waals surface area contributed by atoms with E-state index in [2.05, 4.69) is 10.3 Å². The molecule has 0 saturated carbocycles. The van der Waals surface area contributed by atoms with Gasteiger partial charge in [0.1, 0.15) is 11.4 Å². The Hall–Kier alpha value is -3.68. The number of aromatic nitrogens is 1. The van der Waals surface area contributed by atoms with Crippen molar-refractivity contribution >= 4 is 17.3 Å². The summed E-state index contributed by atoms with van der Waals surface area (Å²) >= 11 is 0. The van der Waals surface area contributed by atoms with Crippen molar-refractivity contribution < 1.29 is 14.1 Å². The van der Waals surface area contributed by atoms with Crippen LogP contribution in [0.5, 0.6) is 0 Å². The predicted molar refractivity (Wildman–Crippen MR) is 103 cm³/mol. The Morgan fingerprint density at radius 1 is 1.14 bits per heavy atom. The summed E-state index contributed by atoms with van der Waals surface area (Å²) in [6.45, 7) is 1.02. The van der Waals surface area contributed by atoms with E-state index in [1.165, 1.54) is 6.07 Å². The van der Waals surface area contributed by atoms with E-state index in [4.69, 9.17) is 4.42 Å². The zero-order valence-corrected chi connectivity index (χ0v) is 15.2. The third-order valence-corrected chi connectivity index (χ3v) is 4.13. The molecule has 3 rings (SSSR count). The lowest BCUT2D eigenvalue weighted by Crippen LogP contribution is -2.31. The molecule has 0 aliphatic rings. The third kappa shape index (κ3) is 5.16. The standard InChI is InChI=1S/C20H20N4O4/c25-20(9-11-22-18-7-1-2-8-19(18)24(26)27)23(15-17-6-4-12-28-17)14-16-5-3-10-21-13-16/h1-8,10,12-13,22H,9,11,14-15H2. The van der Waals surface area contributed by atoms with E-state index in [0.29, 0.717) is 24.5 Å². The molecule has 1 N–H and O–H groups in total. The summed E-state index contributed by atoms with van der Waals surface area (Å²) in [5, 5.41) is 14.1. The second-order valence-corrected chi connectivity index (χ2v) is 6.14. The second-order valence-electron chi connectivity index (χ2n) is 6.14. The van der Waals surface area contributed by atoms with Gasteiger partial charge in [0.15, 0.2) is 0 Å². The SMILES string of the molecule is O=C(CCNc1ccccc1[N+](=O)[O-])N(Cc1cccnc1)Cc1ccco1. The number of rotatable bonds is 9. The van der Waals surface area contributed by atoms with E-state index < -0.39 is 4.92 Å². The summed E-state index contributed by atoms with van der Waals surface area (Å²) in [7, 11) is 0. The normalized spacial score (nSPS) is 10.4. The van der Waals surface area contributed by atoms with Gasteiger partial charge in [0.05, 0.1) is 17.7 Å². The molecule has 1 amide bonds. The van der Waals surface area contributed by atoms with E-state index in [0.717, 1.165) is 5.56 Å². The van der Waals surface area contributed by atoms with Crippen LogP contribution in [0.25, 0.3) is 0 Å². The number of carbonyl (C=O) groups excluding carboxylic acids is 1. The lowest BCUT2D eigenvalue weighted by Gasteiger charge is -2.22. The van der Waals surface area contributed by atoms with Crippen molar-refractivity contribution in [1.82, 2.24) is 9.88 Å². The molecule has 2 aromatic heterocycles. The molecule has 0 aliphatic carbocycles. The highest BCUT2D eigenvalue weighted by Gasteiger charge is 2.17. The van der Waals surface area contributed by atoms with Gasteiger partial charge in [-0.1, -0.05) is 18.2 Å². The summed E-state index contributed by atoms with van der Waals surface area (Å²) in [6.07, 6.45) is 5.15. The average molecular weight is 380 g/mol. The van der Waals surface area contributed by atoms with Crippen molar-refractivity contribution in [3.05, 3.63) is 88.6 Å². The minimum atomic E-state index is -0.449. The molecule has 0 radical (unpaired) electrons. The van der Waals surface area contributed by atoms with Crippen molar-refractivity contribution in [3.63, 3.8) is 0 Å². The Morgan fingerprint density at radius 2 is 2.00 bits per heavy atom. The molecule has 0 saturated heterocycles. The Bertz CT molecular complexity index is 913. The molecule has 0 aliphatic heterocycles. The number of para-hydroxylation sites is 2. The maximum absolute atomic E-state index is 12.8. The van der Waals surface area contributed by atoms with Crippen LogP contribution >= 0.6 is 0 Å². The maximum atomic E-state index is 12.8. The van der Waals surface area contributed by atoms with Gasteiger partial charge in [-0.2, -0.15) is 0 Å². The van der Waals surface area contributed by atoms with Gasteiger partial charge in [0.25, 0.3) is 5.69 Å². The van der Waals surface area contributed by atoms with Gasteiger partial charge in [-0.15, -0.1) is 0 Å². The van der Waals surface area contributed by atoms with Gasteiger partial charge in [-0.25, -0.2) is 0 Å². The zero-order valence-electron chi connectivity index (χ0n) is 15.2. The van der Waals surface area contributed by atoms with Crippen LogP contribution in [0.1, 0.15) is 17.7 Å². The molecule has 0 fully saturated rings. The molecule has 8 nitrogen and oxygen atoms in total. The van der Waals surface area contributed by atoms with E-state index in [9.17, 15) is 14.9 Å². The number of nitro benzene ring substituents is 1. The van der Waals surface area contributed by atoms with Gasteiger partial charge >= 0.3 is 0 Å². The molecule has 8 heteroatoms.